The molecule has 0 heterocycles. The van der Waals surface area contributed by atoms with Crippen molar-refractivity contribution >= 4 is 0 Å². The molecule has 2 unspecified atom stereocenters. The van der Waals surface area contributed by atoms with Gasteiger partial charge in [0.25, 0.3) is 0 Å². The van der Waals surface area contributed by atoms with E-state index in [2.05, 4.69) is 30.1 Å². The van der Waals surface area contributed by atoms with Crippen molar-refractivity contribution < 1.29 is 4.74 Å². The number of ether oxygens (including phenoxy) is 1. The Morgan fingerprint density at radius 1 is 1.37 bits per heavy atom. The van der Waals surface area contributed by atoms with E-state index < -0.39 is 0 Å². The van der Waals surface area contributed by atoms with Gasteiger partial charge in [-0.15, -0.1) is 0 Å². The fraction of sp³-hybridized carbons (Fsp3) is 0.562. The number of nitriles is 1. The van der Waals surface area contributed by atoms with Crippen molar-refractivity contribution in [3.05, 3.63) is 29.8 Å². The molecule has 0 aliphatic heterocycles. The third kappa shape index (κ3) is 3.48. The molecule has 102 valence electrons. The summed E-state index contributed by atoms with van der Waals surface area (Å²) in [5.74, 6) is 1.08. The van der Waals surface area contributed by atoms with E-state index in [1.807, 2.05) is 12.1 Å². The lowest BCUT2D eigenvalue weighted by Gasteiger charge is -2.34. The normalized spacial score (nSPS) is 23.1. The predicted octanol–water partition coefficient (Wildman–Crippen LogP) is 3.21. The lowest BCUT2D eigenvalue weighted by molar-refractivity contribution is 0.150. The van der Waals surface area contributed by atoms with Gasteiger partial charge in [-0.2, -0.15) is 5.26 Å². The first kappa shape index (κ1) is 13.9. The van der Waals surface area contributed by atoms with Gasteiger partial charge in [0, 0.05) is 12.6 Å². The van der Waals surface area contributed by atoms with Crippen LogP contribution in [0.15, 0.2) is 24.3 Å². The molecule has 0 N–H and O–H groups in total. The van der Waals surface area contributed by atoms with E-state index in [0.29, 0.717) is 6.04 Å². The van der Waals surface area contributed by atoms with Crippen LogP contribution in [0.2, 0.25) is 0 Å². The quantitative estimate of drug-likeness (QED) is 0.832. The van der Waals surface area contributed by atoms with Gasteiger partial charge in [-0.1, -0.05) is 25.0 Å². The maximum absolute atomic E-state index is 9.26. The molecule has 0 saturated heterocycles. The summed E-state index contributed by atoms with van der Waals surface area (Å²) in [6.07, 6.45) is 4.62. The number of hydrogen-bond donors (Lipinski definition) is 0. The molecular weight excluding hydrogens is 236 g/mol. The zero-order valence-electron chi connectivity index (χ0n) is 11.8. The molecule has 1 aliphatic rings. The van der Waals surface area contributed by atoms with E-state index in [4.69, 9.17) is 4.74 Å². The molecule has 0 radical (unpaired) electrons. The van der Waals surface area contributed by atoms with Gasteiger partial charge >= 0.3 is 0 Å². The Labute approximate surface area is 115 Å². The predicted molar refractivity (Wildman–Crippen MR) is 75.8 cm³/mol. The van der Waals surface area contributed by atoms with Crippen molar-refractivity contribution in [2.24, 2.45) is 5.92 Å². The first-order chi connectivity index (χ1) is 9.24. The highest BCUT2D eigenvalue weighted by atomic mass is 16.5. The number of methoxy groups -OCH3 is 1. The van der Waals surface area contributed by atoms with Gasteiger partial charge in [-0.25, -0.2) is 0 Å². The Morgan fingerprint density at radius 2 is 2.16 bits per heavy atom. The second-order valence-corrected chi connectivity index (χ2v) is 5.35. The number of nitrogens with zero attached hydrogens (tertiary/aromatic N) is 2. The van der Waals surface area contributed by atoms with Crippen LogP contribution in [0.1, 0.15) is 31.2 Å². The Bertz CT molecular complexity index is 452. The maximum Gasteiger partial charge on any atom is 0.119 e. The lowest BCUT2D eigenvalue weighted by atomic mass is 9.84. The molecular formula is C16H22N2O. The molecule has 0 bridgehead atoms. The van der Waals surface area contributed by atoms with E-state index in [-0.39, 0.29) is 5.92 Å². The summed E-state index contributed by atoms with van der Waals surface area (Å²) in [4.78, 5) is 2.32. The van der Waals surface area contributed by atoms with Gasteiger partial charge in [0.05, 0.1) is 19.1 Å². The molecule has 0 aromatic heterocycles. The van der Waals surface area contributed by atoms with Crippen LogP contribution in [0.5, 0.6) is 5.75 Å². The van der Waals surface area contributed by atoms with Crippen LogP contribution in [0.4, 0.5) is 0 Å². The summed E-state index contributed by atoms with van der Waals surface area (Å²) in [5, 5.41) is 9.26. The van der Waals surface area contributed by atoms with Gasteiger partial charge in [0.1, 0.15) is 5.75 Å². The van der Waals surface area contributed by atoms with Crippen LogP contribution in [-0.2, 0) is 6.54 Å². The fourth-order valence-electron chi connectivity index (χ4n) is 2.97. The smallest absolute Gasteiger partial charge is 0.119 e. The van der Waals surface area contributed by atoms with Crippen LogP contribution < -0.4 is 4.74 Å². The summed E-state index contributed by atoms with van der Waals surface area (Å²) in [5.41, 5.74) is 1.24. The summed E-state index contributed by atoms with van der Waals surface area (Å²) in [7, 11) is 3.81. The highest BCUT2D eigenvalue weighted by Gasteiger charge is 2.28. The van der Waals surface area contributed by atoms with Crippen molar-refractivity contribution in [1.82, 2.24) is 4.90 Å². The molecule has 1 aromatic rings. The average molecular weight is 258 g/mol. The monoisotopic (exact) mass is 258 g/mol. The van der Waals surface area contributed by atoms with Crippen LogP contribution in [0.3, 0.4) is 0 Å². The first-order valence-corrected chi connectivity index (χ1v) is 6.97. The van der Waals surface area contributed by atoms with Crippen molar-refractivity contribution in [2.45, 2.75) is 38.3 Å². The fourth-order valence-corrected chi connectivity index (χ4v) is 2.97. The van der Waals surface area contributed by atoms with Gasteiger partial charge in [0.2, 0.25) is 0 Å². The minimum absolute atomic E-state index is 0.185. The largest absolute Gasteiger partial charge is 0.497 e. The lowest BCUT2D eigenvalue weighted by Crippen LogP contribution is -2.39. The van der Waals surface area contributed by atoms with E-state index in [1.54, 1.807) is 7.11 Å². The number of rotatable bonds is 4. The van der Waals surface area contributed by atoms with E-state index >= 15 is 0 Å². The third-order valence-corrected chi connectivity index (χ3v) is 4.03. The zero-order chi connectivity index (χ0) is 13.7. The molecule has 1 aliphatic carbocycles. The number of hydrogen-bond acceptors (Lipinski definition) is 3. The first-order valence-electron chi connectivity index (χ1n) is 6.97. The minimum atomic E-state index is 0.185. The van der Waals surface area contributed by atoms with Crippen LogP contribution in [0.25, 0.3) is 0 Å². The molecule has 0 spiro atoms. The highest BCUT2D eigenvalue weighted by molar-refractivity contribution is 5.28. The minimum Gasteiger partial charge on any atom is -0.497 e. The Hall–Kier alpha value is -1.53. The number of benzene rings is 1. The van der Waals surface area contributed by atoms with Gasteiger partial charge in [-0.3, -0.25) is 4.90 Å². The second kappa shape index (κ2) is 6.58. The molecule has 19 heavy (non-hydrogen) atoms. The maximum atomic E-state index is 9.26. The Kier molecular flexibility index (Phi) is 4.81. The molecule has 2 rings (SSSR count). The van der Waals surface area contributed by atoms with Crippen molar-refractivity contribution in [3.63, 3.8) is 0 Å². The molecule has 3 nitrogen and oxygen atoms in total. The van der Waals surface area contributed by atoms with E-state index in [9.17, 15) is 5.26 Å². The molecule has 1 fully saturated rings. The van der Waals surface area contributed by atoms with Gasteiger partial charge in [0.15, 0.2) is 0 Å². The third-order valence-electron chi connectivity index (χ3n) is 4.03. The molecule has 0 amide bonds. The summed E-state index contributed by atoms with van der Waals surface area (Å²) >= 11 is 0. The second-order valence-electron chi connectivity index (χ2n) is 5.35. The van der Waals surface area contributed by atoms with Crippen molar-refractivity contribution in [1.29, 1.82) is 5.26 Å². The molecule has 2 atom stereocenters. The van der Waals surface area contributed by atoms with Crippen molar-refractivity contribution in [2.75, 3.05) is 14.2 Å². The van der Waals surface area contributed by atoms with Crippen LogP contribution in [0, 0.1) is 17.2 Å². The van der Waals surface area contributed by atoms with Crippen molar-refractivity contribution in [3.8, 4) is 11.8 Å². The van der Waals surface area contributed by atoms with Crippen LogP contribution >= 0.6 is 0 Å². The standard InChI is InChI=1S/C16H22N2O/c1-18(16-9-4-3-7-14(16)11-17)12-13-6-5-8-15(10-13)19-2/h5-6,8,10,14,16H,3-4,7,9,12H2,1-2H3. The van der Waals surface area contributed by atoms with E-state index in [0.717, 1.165) is 25.1 Å². The van der Waals surface area contributed by atoms with Gasteiger partial charge in [-0.05, 0) is 37.6 Å². The van der Waals surface area contributed by atoms with E-state index in [1.165, 1.54) is 18.4 Å². The zero-order valence-corrected chi connectivity index (χ0v) is 11.8. The molecule has 1 aromatic carbocycles. The molecule has 1 saturated carbocycles. The SMILES string of the molecule is COc1cccc(CN(C)C2CCCCC2C#N)c1. The van der Waals surface area contributed by atoms with Gasteiger partial charge < -0.3 is 4.74 Å². The Balaban J connectivity index is 2.03. The highest BCUT2D eigenvalue weighted by Crippen LogP contribution is 2.28. The summed E-state index contributed by atoms with van der Waals surface area (Å²) in [6, 6.07) is 11.0. The Morgan fingerprint density at radius 3 is 2.89 bits per heavy atom. The topological polar surface area (TPSA) is 36.3 Å². The summed E-state index contributed by atoms with van der Waals surface area (Å²) < 4.78 is 5.25. The summed E-state index contributed by atoms with van der Waals surface area (Å²) in [6.45, 7) is 0.875. The van der Waals surface area contributed by atoms with Crippen LogP contribution in [-0.4, -0.2) is 25.1 Å². The molecule has 3 heteroatoms. The average Bonchev–Trinajstić information content (AvgIpc) is 2.47.